The molecule has 0 saturated carbocycles. The van der Waals surface area contributed by atoms with E-state index in [-0.39, 0.29) is 48.6 Å². The van der Waals surface area contributed by atoms with Crippen molar-refractivity contribution in [2.24, 2.45) is 5.92 Å². The van der Waals surface area contributed by atoms with Gasteiger partial charge in [-0.2, -0.15) is 0 Å². The molecule has 1 aliphatic heterocycles. The van der Waals surface area contributed by atoms with Crippen LogP contribution in [0.25, 0.3) is 10.8 Å². The second kappa shape index (κ2) is 13.6. The third kappa shape index (κ3) is 6.88. The Hall–Kier alpha value is -3.59. The Balaban J connectivity index is 1.40. The van der Waals surface area contributed by atoms with Gasteiger partial charge in [-0.15, -0.1) is 0 Å². The minimum atomic E-state index is -3.74. The molecule has 230 valence electrons. The molecule has 0 radical (unpaired) electrons. The van der Waals surface area contributed by atoms with Crippen LogP contribution in [0.3, 0.4) is 0 Å². The standard InChI is InChI=1S/C34H35Cl2N3O4S/c1-23(2)21-37-34(41)30(20-24-9-4-3-5-10-24)38(22-25-16-17-27(35)28(36)19-25)32(40)15-8-18-39-29-13-6-11-26-12-7-14-31(33(26)29)44(39,42)43/h3-7,9-14,16-17,19,23,30H,8,15,18,20-22H2,1-2H3,(H,37,41)/t30-/m1/s1. The molecular weight excluding hydrogens is 617 g/mol. The van der Waals surface area contributed by atoms with Crippen LogP contribution in [-0.2, 0) is 32.6 Å². The van der Waals surface area contributed by atoms with Crippen molar-refractivity contribution in [3.63, 3.8) is 0 Å². The average molecular weight is 653 g/mol. The smallest absolute Gasteiger partial charge is 0.265 e. The predicted octanol–water partition coefficient (Wildman–Crippen LogP) is 6.85. The SMILES string of the molecule is CC(C)CNC(=O)[C@@H](Cc1ccccc1)N(Cc1ccc(Cl)c(Cl)c1)C(=O)CCCN1c2cccc3cccc(c23)S1(=O)=O. The third-order valence-corrected chi connectivity index (χ3v) is 10.3. The van der Waals surface area contributed by atoms with Gasteiger partial charge in [0.25, 0.3) is 10.0 Å². The Bertz CT molecular complexity index is 1780. The highest BCUT2D eigenvalue weighted by Crippen LogP contribution is 2.42. The molecule has 2 amide bonds. The number of amides is 2. The van der Waals surface area contributed by atoms with Crippen LogP contribution < -0.4 is 9.62 Å². The first-order chi connectivity index (χ1) is 21.1. The molecule has 10 heteroatoms. The Morgan fingerprint density at radius 1 is 0.886 bits per heavy atom. The lowest BCUT2D eigenvalue weighted by molar-refractivity contribution is -0.141. The summed E-state index contributed by atoms with van der Waals surface area (Å²) < 4.78 is 28.3. The number of halogens is 2. The summed E-state index contributed by atoms with van der Waals surface area (Å²) in [6, 6.07) is 24.7. The molecule has 0 bridgehead atoms. The van der Waals surface area contributed by atoms with Crippen molar-refractivity contribution in [3.8, 4) is 0 Å². The topological polar surface area (TPSA) is 86.8 Å². The average Bonchev–Trinajstić information content (AvgIpc) is 3.23. The molecular formula is C34H35Cl2N3O4S. The largest absolute Gasteiger partial charge is 0.354 e. The van der Waals surface area contributed by atoms with E-state index in [1.165, 1.54) is 4.31 Å². The molecule has 4 aromatic rings. The first-order valence-electron chi connectivity index (χ1n) is 14.7. The normalized spacial score (nSPS) is 14.2. The van der Waals surface area contributed by atoms with Gasteiger partial charge in [0.05, 0.1) is 20.6 Å². The fraction of sp³-hybridized carbons (Fsp3) is 0.294. The van der Waals surface area contributed by atoms with E-state index in [0.29, 0.717) is 34.1 Å². The van der Waals surface area contributed by atoms with Crippen LogP contribution in [0.1, 0.15) is 37.8 Å². The molecule has 7 nitrogen and oxygen atoms in total. The second-order valence-electron chi connectivity index (χ2n) is 11.4. The zero-order valence-corrected chi connectivity index (χ0v) is 27.0. The molecule has 4 aromatic carbocycles. The number of anilines is 1. The predicted molar refractivity (Wildman–Crippen MR) is 177 cm³/mol. The monoisotopic (exact) mass is 651 g/mol. The number of rotatable bonds is 12. The Kier molecular flexibility index (Phi) is 9.83. The minimum absolute atomic E-state index is 0.0441. The number of sulfonamides is 1. The maximum atomic E-state index is 14.0. The number of benzene rings is 4. The van der Waals surface area contributed by atoms with Crippen molar-refractivity contribution in [1.82, 2.24) is 10.2 Å². The fourth-order valence-electron chi connectivity index (χ4n) is 5.53. The fourth-order valence-corrected chi connectivity index (χ4v) is 7.60. The van der Waals surface area contributed by atoms with Crippen molar-refractivity contribution >= 4 is 61.5 Å². The number of hydrogen-bond acceptors (Lipinski definition) is 4. The molecule has 1 aliphatic rings. The molecule has 0 aliphatic carbocycles. The van der Waals surface area contributed by atoms with Crippen molar-refractivity contribution in [1.29, 1.82) is 0 Å². The van der Waals surface area contributed by atoms with E-state index in [1.54, 1.807) is 41.3 Å². The number of hydrogen-bond donors (Lipinski definition) is 1. The summed E-state index contributed by atoms with van der Waals surface area (Å²) >= 11 is 12.5. The van der Waals surface area contributed by atoms with Gasteiger partial charge in [0.2, 0.25) is 11.8 Å². The van der Waals surface area contributed by atoms with Gasteiger partial charge in [0, 0.05) is 37.9 Å². The van der Waals surface area contributed by atoms with Crippen LogP contribution in [0.2, 0.25) is 10.0 Å². The van der Waals surface area contributed by atoms with Gasteiger partial charge < -0.3 is 10.2 Å². The first kappa shape index (κ1) is 31.8. The Labute approximate surface area is 268 Å². The Morgan fingerprint density at radius 2 is 1.61 bits per heavy atom. The maximum absolute atomic E-state index is 14.0. The van der Waals surface area contributed by atoms with Crippen LogP contribution in [0.5, 0.6) is 0 Å². The van der Waals surface area contributed by atoms with Gasteiger partial charge in [-0.1, -0.05) is 97.7 Å². The van der Waals surface area contributed by atoms with Crippen molar-refractivity contribution in [2.75, 3.05) is 17.4 Å². The van der Waals surface area contributed by atoms with E-state index in [1.807, 2.05) is 62.4 Å². The van der Waals surface area contributed by atoms with Crippen LogP contribution in [0, 0.1) is 5.92 Å². The van der Waals surface area contributed by atoms with Crippen LogP contribution in [0.15, 0.2) is 89.8 Å². The lowest BCUT2D eigenvalue weighted by Crippen LogP contribution is -2.51. The highest BCUT2D eigenvalue weighted by molar-refractivity contribution is 7.93. The zero-order chi connectivity index (χ0) is 31.4. The van der Waals surface area contributed by atoms with Crippen LogP contribution in [0.4, 0.5) is 5.69 Å². The van der Waals surface area contributed by atoms with Gasteiger partial charge in [0.1, 0.15) is 6.04 Å². The first-order valence-corrected chi connectivity index (χ1v) is 16.9. The van der Waals surface area contributed by atoms with Crippen molar-refractivity contribution in [2.45, 2.75) is 50.6 Å². The number of carbonyl (C=O) groups excluding carboxylic acids is 2. The summed E-state index contributed by atoms with van der Waals surface area (Å²) in [4.78, 5) is 29.6. The number of carbonyl (C=O) groups is 2. The van der Waals surface area contributed by atoms with Gasteiger partial charge in [-0.3, -0.25) is 13.9 Å². The highest BCUT2D eigenvalue weighted by atomic mass is 35.5. The molecule has 1 heterocycles. The van der Waals surface area contributed by atoms with Crippen molar-refractivity contribution in [3.05, 3.63) is 106 Å². The summed E-state index contributed by atoms with van der Waals surface area (Å²) in [5, 5.41) is 5.31. The van der Waals surface area contributed by atoms with Crippen LogP contribution >= 0.6 is 23.2 Å². The molecule has 44 heavy (non-hydrogen) atoms. The summed E-state index contributed by atoms with van der Waals surface area (Å²) in [6.07, 6.45) is 0.629. The molecule has 1 atom stereocenters. The highest BCUT2D eigenvalue weighted by Gasteiger charge is 2.36. The zero-order valence-electron chi connectivity index (χ0n) is 24.7. The maximum Gasteiger partial charge on any atom is 0.265 e. The molecule has 5 rings (SSSR count). The molecule has 0 spiro atoms. The summed E-state index contributed by atoms with van der Waals surface area (Å²) in [5.74, 6) is -0.282. The van der Waals surface area contributed by atoms with E-state index >= 15 is 0 Å². The van der Waals surface area contributed by atoms with Gasteiger partial charge >= 0.3 is 0 Å². The number of nitrogens with zero attached hydrogens (tertiary/aromatic N) is 2. The summed E-state index contributed by atoms with van der Waals surface area (Å²) in [5.41, 5.74) is 2.26. The molecule has 1 N–H and O–H groups in total. The van der Waals surface area contributed by atoms with E-state index in [2.05, 4.69) is 5.32 Å². The molecule has 0 fully saturated rings. The third-order valence-electron chi connectivity index (χ3n) is 7.73. The Morgan fingerprint density at radius 3 is 2.32 bits per heavy atom. The summed E-state index contributed by atoms with van der Waals surface area (Å²) in [7, 11) is -3.74. The second-order valence-corrected chi connectivity index (χ2v) is 14.1. The van der Waals surface area contributed by atoms with Crippen LogP contribution in [-0.4, -0.2) is 44.3 Å². The van der Waals surface area contributed by atoms with E-state index in [0.717, 1.165) is 16.5 Å². The van der Waals surface area contributed by atoms with E-state index in [9.17, 15) is 18.0 Å². The molecule has 0 unspecified atom stereocenters. The summed E-state index contributed by atoms with van der Waals surface area (Å²) in [6.45, 7) is 4.75. The van der Waals surface area contributed by atoms with Gasteiger partial charge in [-0.25, -0.2) is 8.42 Å². The molecule has 0 saturated heterocycles. The van der Waals surface area contributed by atoms with E-state index in [4.69, 9.17) is 23.2 Å². The van der Waals surface area contributed by atoms with E-state index < -0.39 is 16.1 Å². The van der Waals surface area contributed by atoms with Crippen molar-refractivity contribution < 1.29 is 18.0 Å². The van der Waals surface area contributed by atoms with Gasteiger partial charge in [-0.05, 0) is 53.1 Å². The quantitative estimate of drug-likeness (QED) is 0.182. The number of nitrogens with one attached hydrogen (secondary N) is 1. The van der Waals surface area contributed by atoms with Gasteiger partial charge in [0.15, 0.2) is 0 Å². The lowest BCUT2D eigenvalue weighted by Gasteiger charge is -2.32. The minimum Gasteiger partial charge on any atom is -0.354 e. The molecule has 0 aromatic heterocycles. The lowest BCUT2D eigenvalue weighted by atomic mass is 10.0.